The maximum atomic E-state index is 9.78. The summed E-state index contributed by atoms with van der Waals surface area (Å²) in [6.07, 6.45) is 11.2. The quantitative estimate of drug-likeness (QED) is 0.565. The van der Waals surface area contributed by atoms with Crippen molar-refractivity contribution in [3.63, 3.8) is 0 Å². The van der Waals surface area contributed by atoms with E-state index in [1.165, 1.54) is 18.4 Å². The van der Waals surface area contributed by atoms with Crippen molar-refractivity contribution < 1.29 is 5.11 Å². The molecule has 2 rings (SSSR count). The van der Waals surface area contributed by atoms with Gasteiger partial charge in [-0.1, -0.05) is 23.8 Å². The second-order valence-electron chi connectivity index (χ2n) is 4.28. The summed E-state index contributed by atoms with van der Waals surface area (Å²) in [6, 6.07) is 0. The minimum atomic E-state index is -0.0947. The van der Waals surface area contributed by atoms with E-state index in [2.05, 4.69) is 25.2 Å². The van der Waals surface area contributed by atoms with E-state index in [4.69, 9.17) is 0 Å². The van der Waals surface area contributed by atoms with Gasteiger partial charge in [0, 0.05) is 5.92 Å². The van der Waals surface area contributed by atoms with Crippen molar-refractivity contribution >= 4 is 0 Å². The van der Waals surface area contributed by atoms with Crippen molar-refractivity contribution in [2.75, 3.05) is 0 Å². The molecule has 1 heteroatoms. The third kappa shape index (κ3) is 1.71. The van der Waals surface area contributed by atoms with Gasteiger partial charge < -0.3 is 5.11 Å². The van der Waals surface area contributed by atoms with E-state index in [1.807, 2.05) is 0 Å². The number of allylic oxidation sites excluding steroid dienone is 3. The standard InChI is InChI=1S/C12H18O/c1-9-5-3-2-4-6-11-10(9)7-8-12(11)13/h4-6,10-13H,2-3,7-8H2,1H3/b6-4-,9-5-/t10-,11+,12+/m1/s1. The van der Waals surface area contributed by atoms with E-state index >= 15 is 0 Å². The van der Waals surface area contributed by atoms with Crippen molar-refractivity contribution in [3.05, 3.63) is 23.8 Å². The first-order valence-electron chi connectivity index (χ1n) is 5.30. The zero-order valence-electron chi connectivity index (χ0n) is 8.24. The average Bonchev–Trinajstić information content (AvgIpc) is 2.43. The smallest absolute Gasteiger partial charge is 0.0608 e. The highest BCUT2D eigenvalue weighted by Crippen LogP contribution is 2.38. The van der Waals surface area contributed by atoms with Crippen molar-refractivity contribution in [3.8, 4) is 0 Å². The Balaban J connectivity index is 2.21. The van der Waals surface area contributed by atoms with Gasteiger partial charge in [-0.2, -0.15) is 0 Å². The van der Waals surface area contributed by atoms with Crippen LogP contribution in [0.4, 0.5) is 0 Å². The first-order valence-corrected chi connectivity index (χ1v) is 5.30. The van der Waals surface area contributed by atoms with Crippen LogP contribution in [-0.2, 0) is 0 Å². The lowest BCUT2D eigenvalue weighted by Gasteiger charge is -2.21. The van der Waals surface area contributed by atoms with Gasteiger partial charge >= 0.3 is 0 Å². The van der Waals surface area contributed by atoms with Gasteiger partial charge in [-0.3, -0.25) is 0 Å². The molecule has 0 spiro atoms. The molecule has 1 saturated carbocycles. The molecule has 72 valence electrons. The summed E-state index contributed by atoms with van der Waals surface area (Å²) < 4.78 is 0. The summed E-state index contributed by atoms with van der Waals surface area (Å²) in [5, 5.41) is 9.78. The van der Waals surface area contributed by atoms with Crippen LogP contribution in [0.2, 0.25) is 0 Å². The lowest BCUT2D eigenvalue weighted by Crippen LogP contribution is -2.18. The number of hydrogen-bond donors (Lipinski definition) is 1. The summed E-state index contributed by atoms with van der Waals surface area (Å²) in [4.78, 5) is 0. The van der Waals surface area contributed by atoms with Crippen LogP contribution in [0.1, 0.15) is 32.6 Å². The fraction of sp³-hybridized carbons (Fsp3) is 0.667. The molecule has 0 aromatic rings. The molecule has 0 aliphatic heterocycles. The maximum Gasteiger partial charge on any atom is 0.0608 e. The minimum absolute atomic E-state index is 0.0947. The number of rotatable bonds is 0. The topological polar surface area (TPSA) is 20.2 Å². The molecule has 0 aromatic carbocycles. The molecular formula is C12H18O. The minimum Gasteiger partial charge on any atom is -0.392 e. The fourth-order valence-electron chi connectivity index (χ4n) is 2.61. The van der Waals surface area contributed by atoms with Crippen LogP contribution < -0.4 is 0 Å². The van der Waals surface area contributed by atoms with Crippen LogP contribution in [0.5, 0.6) is 0 Å². The van der Waals surface area contributed by atoms with Crippen molar-refractivity contribution in [2.24, 2.45) is 11.8 Å². The lowest BCUT2D eigenvalue weighted by atomic mass is 9.86. The van der Waals surface area contributed by atoms with Gasteiger partial charge in [0.1, 0.15) is 0 Å². The molecule has 0 radical (unpaired) electrons. The van der Waals surface area contributed by atoms with Crippen molar-refractivity contribution in [2.45, 2.75) is 38.7 Å². The third-order valence-corrected chi connectivity index (χ3v) is 3.43. The van der Waals surface area contributed by atoms with Gasteiger partial charge in [0.25, 0.3) is 0 Å². The Kier molecular flexibility index (Phi) is 2.54. The van der Waals surface area contributed by atoms with E-state index in [9.17, 15) is 5.11 Å². The number of aliphatic hydroxyl groups is 1. The highest BCUT2D eigenvalue weighted by molar-refractivity contribution is 5.15. The molecule has 0 bridgehead atoms. The highest BCUT2D eigenvalue weighted by Gasteiger charge is 2.33. The van der Waals surface area contributed by atoms with E-state index in [0.29, 0.717) is 11.8 Å². The van der Waals surface area contributed by atoms with Gasteiger partial charge in [-0.15, -0.1) is 0 Å². The Hall–Kier alpha value is -0.560. The van der Waals surface area contributed by atoms with Crippen LogP contribution in [0.15, 0.2) is 23.8 Å². The molecule has 0 amide bonds. The van der Waals surface area contributed by atoms with E-state index in [0.717, 1.165) is 12.8 Å². The molecule has 1 fully saturated rings. The second-order valence-corrected chi connectivity index (χ2v) is 4.28. The highest BCUT2D eigenvalue weighted by atomic mass is 16.3. The Morgan fingerprint density at radius 2 is 2.15 bits per heavy atom. The molecule has 1 nitrogen and oxygen atoms in total. The summed E-state index contributed by atoms with van der Waals surface area (Å²) in [7, 11) is 0. The predicted octanol–water partition coefficient (Wildman–Crippen LogP) is 2.67. The molecule has 13 heavy (non-hydrogen) atoms. The van der Waals surface area contributed by atoms with E-state index in [1.54, 1.807) is 0 Å². The van der Waals surface area contributed by atoms with Crippen molar-refractivity contribution in [1.82, 2.24) is 0 Å². The molecule has 0 saturated heterocycles. The van der Waals surface area contributed by atoms with E-state index < -0.39 is 0 Å². The molecule has 2 aliphatic carbocycles. The fourth-order valence-corrected chi connectivity index (χ4v) is 2.61. The van der Waals surface area contributed by atoms with Crippen LogP contribution in [0, 0.1) is 11.8 Å². The van der Waals surface area contributed by atoms with Gasteiger partial charge in [-0.25, -0.2) is 0 Å². The molecule has 2 aliphatic rings. The zero-order valence-corrected chi connectivity index (χ0v) is 8.24. The first-order chi connectivity index (χ1) is 6.29. The molecule has 1 N–H and O–H groups in total. The van der Waals surface area contributed by atoms with Gasteiger partial charge in [0.05, 0.1) is 6.10 Å². The Labute approximate surface area is 80.2 Å². The van der Waals surface area contributed by atoms with Gasteiger partial charge in [0.2, 0.25) is 0 Å². The largest absolute Gasteiger partial charge is 0.392 e. The van der Waals surface area contributed by atoms with Crippen LogP contribution in [0.25, 0.3) is 0 Å². The van der Waals surface area contributed by atoms with Crippen LogP contribution >= 0.6 is 0 Å². The summed E-state index contributed by atoms with van der Waals surface area (Å²) in [5.74, 6) is 1.02. The number of fused-ring (bicyclic) bond motifs is 1. The van der Waals surface area contributed by atoms with Crippen LogP contribution in [-0.4, -0.2) is 11.2 Å². The lowest BCUT2D eigenvalue weighted by molar-refractivity contribution is 0.145. The third-order valence-electron chi connectivity index (χ3n) is 3.43. The normalized spacial score (nSPS) is 45.7. The average molecular weight is 178 g/mol. The zero-order chi connectivity index (χ0) is 9.26. The monoisotopic (exact) mass is 178 g/mol. The molecule has 3 atom stereocenters. The summed E-state index contributed by atoms with van der Waals surface area (Å²) in [6.45, 7) is 2.22. The maximum absolute atomic E-state index is 9.78. The Morgan fingerprint density at radius 1 is 1.31 bits per heavy atom. The second kappa shape index (κ2) is 3.67. The molecule has 0 unspecified atom stereocenters. The first kappa shape index (κ1) is 9.01. The Morgan fingerprint density at radius 3 is 3.00 bits per heavy atom. The number of aliphatic hydroxyl groups excluding tert-OH is 1. The van der Waals surface area contributed by atoms with Crippen LogP contribution in [0.3, 0.4) is 0 Å². The molecular weight excluding hydrogens is 160 g/mol. The van der Waals surface area contributed by atoms with E-state index in [-0.39, 0.29) is 6.10 Å². The predicted molar refractivity (Wildman–Crippen MR) is 54.4 cm³/mol. The van der Waals surface area contributed by atoms with Crippen molar-refractivity contribution in [1.29, 1.82) is 0 Å². The van der Waals surface area contributed by atoms with Gasteiger partial charge in [0.15, 0.2) is 0 Å². The molecule has 0 heterocycles. The summed E-state index contributed by atoms with van der Waals surface area (Å²) in [5.41, 5.74) is 1.49. The summed E-state index contributed by atoms with van der Waals surface area (Å²) >= 11 is 0. The SMILES string of the molecule is C/C1=C/CC/C=C\[C@H]2[C@@H]1CC[C@@H]2O. The Bertz CT molecular complexity index is 240. The number of hydrogen-bond acceptors (Lipinski definition) is 1. The van der Waals surface area contributed by atoms with Gasteiger partial charge in [-0.05, 0) is 38.5 Å². The molecule has 0 aromatic heterocycles.